The molecule has 1 unspecified atom stereocenters. The van der Waals surface area contributed by atoms with Crippen molar-refractivity contribution in [3.8, 4) is 5.75 Å². The van der Waals surface area contributed by atoms with Crippen LogP contribution in [0, 0.1) is 0 Å². The lowest BCUT2D eigenvalue weighted by atomic mass is 10.1. The number of nitrogens with one attached hydrogen (secondary N) is 2. The van der Waals surface area contributed by atoms with E-state index in [4.69, 9.17) is 4.74 Å². The molecule has 2 N–H and O–H groups in total. The number of aromatic nitrogens is 1. The lowest BCUT2D eigenvalue weighted by molar-refractivity contribution is 0.237. The standard InChI is InChI=1S/C22H23N3O2/c1-17(19-11-13-23-14-12-19)25-22(26)24-15-20-9-5-6-10-21(20)27-16-18-7-3-2-4-8-18/h2-14,17H,15-16H2,1H3,(H2,24,25,26). The summed E-state index contributed by atoms with van der Waals surface area (Å²) >= 11 is 0. The topological polar surface area (TPSA) is 63.2 Å². The average Bonchev–Trinajstić information content (AvgIpc) is 2.72. The van der Waals surface area contributed by atoms with Crippen LogP contribution in [0.4, 0.5) is 4.79 Å². The molecule has 1 heterocycles. The SMILES string of the molecule is CC(NC(=O)NCc1ccccc1OCc1ccccc1)c1ccncc1. The van der Waals surface area contributed by atoms with Crippen LogP contribution in [0.25, 0.3) is 0 Å². The van der Waals surface area contributed by atoms with Crippen molar-refractivity contribution in [1.82, 2.24) is 15.6 Å². The van der Waals surface area contributed by atoms with Crippen LogP contribution in [-0.2, 0) is 13.2 Å². The molecule has 2 amide bonds. The molecule has 2 aromatic carbocycles. The summed E-state index contributed by atoms with van der Waals surface area (Å²) < 4.78 is 5.93. The van der Waals surface area contributed by atoms with Gasteiger partial charge in [-0.3, -0.25) is 4.98 Å². The second-order valence-electron chi connectivity index (χ2n) is 6.21. The third-order valence-electron chi connectivity index (χ3n) is 4.20. The van der Waals surface area contributed by atoms with E-state index < -0.39 is 0 Å². The molecular weight excluding hydrogens is 338 g/mol. The Morgan fingerprint density at radius 3 is 2.48 bits per heavy atom. The minimum absolute atomic E-state index is 0.0995. The van der Waals surface area contributed by atoms with Gasteiger partial charge in [-0.2, -0.15) is 0 Å². The molecule has 0 radical (unpaired) electrons. The van der Waals surface area contributed by atoms with Gasteiger partial charge in [0, 0.05) is 24.5 Å². The fourth-order valence-corrected chi connectivity index (χ4v) is 2.68. The highest BCUT2D eigenvalue weighted by atomic mass is 16.5. The van der Waals surface area contributed by atoms with E-state index in [0.717, 1.165) is 22.4 Å². The predicted molar refractivity (Wildman–Crippen MR) is 105 cm³/mol. The van der Waals surface area contributed by atoms with Gasteiger partial charge in [-0.15, -0.1) is 0 Å². The molecular formula is C22H23N3O2. The number of ether oxygens (including phenoxy) is 1. The lowest BCUT2D eigenvalue weighted by Gasteiger charge is -2.16. The van der Waals surface area contributed by atoms with Crippen molar-refractivity contribution in [3.63, 3.8) is 0 Å². The maximum Gasteiger partial charge on any atom is 0.315 e. The number of nitrogens with zero attached hydrogens (tertiary/aromatic N) is 1. The van der Waals surface area contributed by atoms with Crippen molar-refractivity contribution in [2.24, 2.45) is 0 Å². The highest BCUT2D eigenvalue weighted by Gasteiger charge is 2.10. The molecule has 0 saturated carbocycles. The molecule has 27 heavy (non-hydrogen) atoms. The van der Waals surface area contributed by atoms with Gasteiger partial charge in [0.15, 0.2) is 0 Å². The lowest BCUT2D eigenvalue weighted by Crippen LogP contribution is -2.36. The summed E-state index contributed by atoms with van der Waals surface area (Å²) in [6, 6.07) is 21.2. The fraction of sp³-hybridized carbons (Fsp3) is 0.182. The van der Waals surface area contributed by atoms with Gasteiger partial charge >= 0.3 is 6.03 Å². The Hall–Kier alpha value is -3.34. The summed E-state index contributed by atoms with van der Waals surface area (Å²) in [5, 5.41) is 5.82. The largest absolute Gasteiger partial charge is 0.489 e. The molecule has 3 aromatic rings. The molecule has 5 heteroatoms. The summed E-state index contributed by atoms with van der Waals surface area (Å²) in [5.41, 5.74) is 3.04. The van der Waals surface area contributed by atoms with E-state index >= 15 is 0 Å². The van der Waals surface area contributed by atoms with Crippen molar-refractivity contribution < 1.29 is 9.53 Å². The van der Waals surface area contributed by atoms with Gasteiger partial charge in [0.2, 0.25) is 0 Å². The molecule has 138 valence electrons. The van der Waals surface area contributed by atoms with Crippen LogP contribution in [0.3, 0.4) is 0 Å². The van der Waals surface area contributed by atoms with Gasteiger partial charge in [-0.1, -0.05) is 48.5 Å². The van der Waals surface area contributed by atoms with E-state index in [2.05, 4.69) is 15.6 Å². The first-order chi connectivity index (χ1) is 13.2. The van der Waals surface area contributed by atoms with E-state index in [0.29, 0.717) is 13.2 Å². The van der Waals surface area contributed by atoms with Crippen molar-refractivity contribution in [2.75, 3.05) is 0 Å². The van der Waals surface area contributed by atoms with E-state index in [1.165, 1.54) is 0 Å². The number of hydrogen-bond acceptors (Lipinski definition) is 3. The molecule has 3 rings (SSSR count). The number of amides is 2. The van der Waals surface area contributed by atoms with Crippen LogP contribution in [-0.4, -0.2) is 11.0 Å². The number of urea groups is 1. The number of hydrogen-bond donors (Lipinski definition) is 2. The maximum absolute atomic E-state index is 12.2. The second kappa shape index (κ2) is 9.38. The first-order valence-corrected chi connectivity index (χ1v) is 8.91. The summed E-state index contributed by atoms with van der Waals surface area (Å²) in [6.07, 6.45) is 3.43. The number of pyridine rings is 1. The third-order valence-corrected chi connectivity index (χ3v) is 4.20. The Morgan fingerprint density at radius 2 is 1.70 bits per heavy atom. The summed E-state index contributed by atoms with van der Waals surface area (Å²) in [7, 11) is 0. The Bertz CT molecular complexity index is 854. The highest BCUT2D eigenvalue weighted by molar-refractivity contribution is 5.74. The fourth-order valence-electron chi connectivity index (χ4n) is 2.68. The van der Waals surface area contributed by atoms with E-state index in [-0.39, 0.29) is 12.1 Å². The van der Waals surface area contributed by atoms with Crippen LogP contribution in [0.2, 0.25) is 0 Å². The molecule has 0 spiro atoms. The zero-order valence-corrected chi connectivity index (χ0v) is 15.3. The zero-order chi connectivity index (χ0) is 18.9. The van der Waals surface area contributed by atoms with Gasteiger partial charge in [0.1, 0.15) is 12.4 Å². The third kappa shape index (κ3) is 5.57. The summed E-state index contributed by atoms with van der Waals surface area (Å²) in [5.74, 6) is 0.767. The Morgan fingerprint density at radius 1 is 1.00 bits per heavy atom. The van der Waals surface area contributed by atoms with Gasteiger partial charge < -0.3 is 15.4 Å². The van der Waals surface area contributed by atoms with Gasteiger partial charge in [0.25, 0.3) is 0 Å². The van der Waals surface area contributed by atoms with Crippen molar-refractivity contribution in [3.05, 3.63) is 95.8 Å². The van der Waals surface area contributed by atoms with E-state index in [1.54, 1.807) is 12.4 Å². The highest BCUT2D eigenvalue weighted by Crippen LogP contribution is 2.19. The van der Waals surface area contributed by atoms with Gasteiger partial charge in [0.05, 0.1) is 6.04 Å². The first kappa shape index (κ1) is 18.5. The quantitative estimate of drug-likeness (QED) is 0.662. The number of carbonyl (C=O) groups excluding carboxylic acids is 1. The van der Waals surface area contributed by atoms with Crippen LogP contribution < -0.4 is 15.4 Å². The number of para-hydroxylation sites is 1. The van der Waals surface area contributed by atoms with Crippen molar-refractivity contribution >= 4 is 6.03 Å². The number of rotatable bonds is 7. The second-order valence-corrected chi connectivity index (χ2v) is 6.21. The summed E-state index contributed by atoms with van der Waals surface area (Å²) in [4.78, 5) is 16.2. The monoisotopic (exact) mass is 361 g/mol. The summed E-state index contributed by atoms with van der Waals surface area (Å²) in [6.45, 7) is 2.81. The normalized spacial score (nSPS) is 11.4. The minimum Gasteiger partial charge on any atom is -0.489 e. The predicted octanol–water partition coefficient (Wildman–Crippen LogP) is 4.22. The first-order valence-electron chi connectivity index (χ1n) is 8.91. The van der Waals surface area contributed by atoms with Gasteiger partial charge in [-0.25, -0.2) is 4.79 Å². The van der Waals surface area contributed by atoms with Gasteiger partial charge in [-0.05, 0) is 36.2 Å². The zero-order valence-electron chi connectivity index (χ0n) is 15.3. The van der Waals surface area contributed by atoms with Crippen LogP contribution in [0.15, 0.2) is 79.1 Å². The Kier molecular flexibility index (Phi) is 6.41. The minimum atomic E-state index is -0.225. The molecule has 5 nitrogen and oxygen atoms in total. The average molecular weight is 361 g/mol. The van der Waals surface area contributed by atoms with Crippen LogP contribution in [0.5, 0.6) is 5.75 Å². The molecule has 0 aliphatic carbocycles. The van der Waals surface area contributed by atoms with E-state index in [1.807, 2.05) is 73.7 Å². The molecule has 0 fully saturated rings. The molecule has 0 aliphatic rings. The molecule has 1 aromatic heterocycles. The Balaban J connectivity index is 1.54. The molecule has 0 aliphatic heterocycles. The number of benzene rings is 2. The van der Waals surface area contributed by atoms with Crippen LogP contribution >= 0.6 is 0 Å². The van der Waals surface area contributed by atoms with Crippen molar-refractivity contribution in [2.45, 2.75) is 26.1 Å². The molecule has 0 saturated heterocycles. The number of carbonyl (C=O) groups is 1. The molecule has 1 atom stereocenters. The Labute approximate surface area is 159 Å². The van der Waals surface area contributed by atoms with Crippen molar-refractivity contribution in [1.29, 1.82) is 0 Å². The van der Waals surface area contributed by atoms with Crippen LogP contribution in [0.1, 0.15) is 29.7 Å². The van der Waals surface area contributed by atoms with E-state index in [9.17, 15) is 4.79 Å². The molecule has 0 bridgehead atoms. The maximum atomic E-state index is 12.2. The smallest absolute Gasteiger partial charge is 0.315 e.